The highest BCUT2D eigenvalue weighted by atomic mass is 16.6. The highest BCUT2D eigenvalue weighted by Crippen LogP contribution is 2.32. The van der Waals surface area contributed by atoms with Gasteiger partial charge in [-0.1, -0.05) is 32.0 Å². The van der Waals surface area contributed by atoms with E-state index in [0.29, 0.717) is 17.4 Å². The van der Waals surface area contributed by atoms with E-state index in [1.54, 1.807) is 19.1 Å². The van der Waals surface area contributed by atoms with Crippen molar-refractivity contribution in [1.29, 1.82) is 0 Å². The summed E-state index contributed by atoms with van der Waals surface area (Å²) < 4.78 is 6.03. The number of nitro groups is 1. The van der Waals surface area contributed by atoms with Gasteiger partial charge in [0.05, 0.1) is 4.92 Å². The van der Waals surface area contributed by atoms with Crippen LogP contribution in [0.5, 0.6) is 17.2 Å². The first-order valence-electron chi connectivity index (χ1n) is 10.1. The van der Waals surface area contributed by atoms with E-state index in [1.165, 1.54) is 28.8 Å². The molecular weight excluding hydrogens is 378 g/mol. The summed E-state index contributed by atoms with van der Waals surface area (Å²) in [5.41, 5.74) is 5.44. The fourth-order valence-electron chi connectivity index (χ4n) is 3.66. The topological polar surface area (TPSA) is 72.6 Å². The molecule has 1 unspecified atom stereocenters. The van der Waals surface area contributed by atoms with Crippen LogP contribution in [0.15, 0.2) is 54.6 Å². The summed E-state index contributed by atoms with van der Waals surface area (Å²) in [6.07, 6.45) is 1.78. The molecule has 0 aliphatic heterocycles. The van der Waals surface area contributed by atoms with Gasteiger partial charge in [-0.25, -0.2) is 0 Å². The lowest BCUT2D eigenvalue weighted by Gasteiger charge is -2.17. The predicted octanol–water partition coefficient (Wildman–Crippen LogP) is 6.62. The van der Waals surface area contributed by atoms with Crippen LogP contribution in [-0.2, 0) is 12.8 Å². The van der Waals surface area contributed by atoms with Crippen LogP contribution in [0.2, 0.25) is 0 Å². The zero-order valence-corrected chi connectivity index (χ0v) is 17.8. The Kier molecular flexibility index (Phi) is 6.40. The van der Waals surface area contributed by atoms with Crippen LogP contribution in [0.4, 0.5) is 5.69 Å². The van der Waals surface area contributed by atoms with Crippen LogP contribution in [0.25, 0.3) is 0 Å². The first kappa shape index (κ1) is 21.4. The average molecular weight is 405 g/mol. The molecule has 0 amide bonds. The van der Waals surface area contributed by atoms with Crippen molar-refractivity contribution < 1.29 is 14.8 Å². The third kappa shape index (κ3) is 4.79. The summed E-state index contributed by atoms with van der Waals surface area (Å²) in [5.74, 6) is 1.97. The molecule has 3 aromatic rings. The summed E-state index contributed by atoms with van der Waals surface area (Å²) in [6.45, 7) is 8.10. The Morgan fingerprint density at radius 1 is 0.967 bits per heavy atom. The molecule has 0 fully saturated rings. The maximum absolute atomic E-state index is 10.9. The minimum Gasteiger partial charge on any atom is -0.508 e. The Morgan fingerprint density at radius 2 is 1.63 bits per heavy atom. The van der Waals surface area contributed by atoms with Crippen LogP contribution in [0.1, 0.15) is 47.6 Å². The number of benzene rings is 3. The van der Waals surface area contributed by atoms with Crippen LogP contribution in [0, 0.1) is 24.0 Å². The lowest BCUT2D eigenvalue weighted by Crippen LogP contribution is -2.02. The van der Waals surface area contributed by atoms with Crippen molar-refractivity contribution in [2.24, 2.45) is 0 Å². The minimum atomic E-state index is -0.406. The molecule has 1 atom stereocenters. The van der Waals surface area contributed by atoms with Crippen LogP contribution in [0.3, 0.4) is 0 Å². The number of nitrogens with zero attached hydrogens (tertiary/aromatic N) is 1. The molecule has 1 N–H and O–H groups in total. The summed E-state index contributed by atoms with van der Waals surface area (Å²) in [5, 5.41) is 20.6. The molecule has 0 saturated carbocycles. The van der Waals surface area contributed by atoms with Crippen molar-refractivity contribution in [2.45, 2.75) is 46.5 Å². The number of hydrogen-bond acceptors (Lipinski definition) is 4. The Hall–Kier alpha value is -3.34. The zero-order chi connectivity index (χ0) is 21.8. The molecule has 5 heteroatoms. The second-order valence-electron chi connectivity index (χ2n) is 7.75. The van der Waals surface area contributed by atoms with Gasteiger partial charge in [-0.2, -0.15) is 0 Å². The number of rotatable bonds is 7. The van der Waals surface area contributed by atoms with Gasteiger partial charge in [0, 0.05) is 12.1 Å². The molecule has 0 radical (unpaired) electrons. The highest BCUT2D eigenvalue weighted by molar-refractivity contribution is 5.47. The first-order valence-corrected chi connectivity index (χ1v) is 10.1. The van der Waals surface area contributed by atoms with Crippen molar-refractivity contribution in [3.8, 4) is 17.2 Å². The van der Waals surface area contributed by atoms with Gasteiger partial charge < -0.3 is 9.84 Å². The van der Waals surface area contributed by atoms with E-state index in [-0.39, 0.29) is 5.69 Å². The molecule has 0 aliphatic carbocycles. The summed E-state index contributed by atoms with van der Waals surface area (Å²) in [4.78, 5) is 10.5. The van der Waals surface area contributed by atoms with Gasteiger partial charge in [-0.05, 0) is 84.7 Å². The normalized spacial score (nSPS) is 11.9. The van der Waals surface area contributed by atoms with Gasteiger partial charge in [-0.15, -0.1) is 0 Å². The Morgan fingerprint density at radius 3 is 2.23 bits per heavy atom. The van der Waals surface area contributed by atoms with Gasteiger partial charge in [0.2, 0.25) is 0 Å². The fraction of sp³-hybridized carbons (Fsp3) is 0.280. The van der Waals surface area contributed by atoms with E-state index in [1.807, 2.05) is 25.1 Å². The van der Waals surface area contributed by atoms with Gasteiger partial charge in [-0.3, -0.25) is 10.1 Å². The van der Waals surface area contributed by atoms with Crippen molar-refractivity contribution in [1.82, 2.24) is 0 Å². The molecule has 0 saturated heterocycles. The van der Waals surface area contributed by atoms with Crippen molar-refractivity contribution in [2.75, 3.05) is 0 Å². The van der Waals surface area contributed by atoms with Gasteiger partial charge in [0.25, 0.3) is 5.69 Å². The Labute approximate surface area is 177 Å². The average Bonchev–Trinajstić information content (AvgIpc) is 2.71. The lowest BCUT2D eigenvalue weighted by molar-refractivity contribution is -0.384. The maximum atomic E-state index is 10.9. The maximum Gasteiger partial charge on any atom is 0.269 e. The Balaban J connectivity index is 1.77. The second-order valence-corrected chi connectivity index (χ2v) is 7.75. The highest BCUT2D eigenvalue weighted by Gasteiger charge is 2.14. The number of non-ortho nitro benzene ring substituents is 1. The molecule has 0 heterocycles. The molecule has 0 aliphatic rings. The zero-order valence-electron chi connectivity index (χ0n) is 17.8. The van der Waals surface area contributed by atoms with E-state index >= 15 is 0 Å². The quantitative estimate of drug-likeness (QED) is 0.354. The van der Waals surface area contributed by atoms with Gasteiger partial charge in [0.1, 0.15) is 17.2 Å². The second kappa shape index (κ2) is 8.99. The number of aryl methyl sites for hydroxylation is 3. The molecular formula is C25H27NO4. The number of phenols is 1. The molecule has 0 aromatic heterocycles. The third-order valence-corrected chi connectivity index (χ3v) is 5.45. The van der Waals surface area contributed by atoms with E-state index in [0.717, 1.165) is 29.7 Å². The number of phenolic OH excluding ortho intramolecular Hbond substituents is 1. The number of ether oxygens (including phenoxy) is 1. The monoisotopic (exact) mass is 405 g/mol. The van der Waals surface area contributed by atoms with Gasteiger partial charge in [0.15, 0.2) is 0 Å². The fourth-order valence-corrected chi connectivity index (χ4v) is 3.66. The van der Waals surface area contributed by atoms with Crippen LogP contribution in [-0.4, -0.2) is 10.0 Å². The molecule has 0 bridgehead atoms. The smallest absolute Gasteiger partial charge is 0.269 e. The first-order chi connectivity index (χ1) is 14.3. The van der Waals surface area contributed by atoms with Crippen molar-refractivity contribution in [3.05, 3.63) is 92.5 Å². The molecule has 3 rings (SSSR count). The third-order valence-electron chi connectivity index (χ3n) is 5.45. The number of nitro benzene ring substituents is 1. The van der Waals surface area contributed by atoms with E-state index in [4.69, 9.17) is 4.74 Å². The minimum absolute atomic E-state index is 0.0569. The molecule has 0 spiro atoms. The van der Waals surface area contributed by atoms with Crippen LogP contribution < -0.4 is 4.74 Å². The molecule has 156 valence electrons. The predicted molar refractivity (Wildman–Crippen MR) is 119 cm³/mol. The largest absolute Gasteiger partial charge is 0.508 e. The molecule has 30 heavy (non-hydrogen) atoms. The summed E-state index contributed by atoms with van der Waals surface area (Å²) >= 11 is 0. The van der Waals surface area contributed by atoms with E-state index in [9.17, 15) is 15.2 Å². The number of aromatic hydroxyl groups is 1. The standard InChI is InChI=1S/C25H27NO4/c1-5-19-15-23(27)9-6-21(19)12-16(2)20-7-10-24(17(3)13-20)30-25-11-8-22(26(28)29)14-18(25)4/h6-11,13-16,27H,5,12H2,1-4H3. The number of hydrogen-bond donors (Lipinski definition) is 1. The van der Waals surface area contributed by atoms with Crippen molar-refractivity contribution in [3.63, 3.8) is 0 Å². The van der Waals surface area contributed by atoms with Crippen LogP contribution >= 0.6 is 0 Å². The van der Waals surface area contributed by atoms with E-state index in [2.05, 4.69) is 26.0 Å². The Bertz CT molecular complexity index is 1070. The van der Waals surface area contributed by atoms with Crippen molar-refractivity contribution >= 4 is 5.69 Å². The van der Waals surface area contributed by atoms with E-state index < -0.39 is 4.92 Å². The molecule has 3 aromatic carbocycles. The SMILES string of the molecule is CCc1cc(O)ccc1CC(C)c1ccc(Oc2ccc([N+](=O)[O-])cc2C)c(C)c1. The lowest BCUT2D eigenvalue weighted by atomic mass is 9.90. The summed E-state index contributed by atoms with van der Waals surface area (Å²) in [7, 11) is 0. The molecule has 5 nitrogen and oxygen atoms in total. The van der Waals surface area contributed by atoms with Gasteiger partial charge >= 0.3 is 0 Å². The summed E-state index contributed by atoms with van der Waals surface area (Å²) in [6, 6.07) is 16.4.